The van der Waals surface area contributed by atoms with E-state index >= 15 is 0 Å². The van der Waals surface area contributed by atoms with Gasteiger partial charge in [0.2, 0.25) is 0 Å². The summed E-state index contributed by atoms with van der Waals surface area (Å²) in [5, 5.41) is 17.3. The first-order valence-corrected chi connectivity index (χ1v) is 12.5. The van der Waals surface area contributed by atoms with Gasteiger partial charge >= 0.3 is 12.4 Å². The van der Waals surface area contributed by atoms with Crippen LogP contribution in [0.1, 0.15) is 28.7 Å². The van der Waals surface area contributed by atoms with Gasteiger partial charge in [0.05, 0.1) is 46.4 Å². The first-order valence-electron chi connectivity index (χ1n) is 11.7. The normalized spacial score (nSPS) is 21.9. The fraction of sp³-hybridized carbons (Fsp3) is 0.320. The lowest BCUT2D eigenvalue weighted by Gasteiger charge is -2.33. The number of β-amino-alcohol motifs (C(OH)–C–C–N with tert-alkyl or cyclic N) is 1. The molecule has 0 spiro atoms. The number of halogens is 6. The van der Waals surface area contributed by atoms with Crippen molar-refractivity contribution in [2.75, 3.05) is 13.1 Å². The van der Waals surface area contributed by atoms with Crippen molar-refractivity contribution < 1.29 is 41.0 Å². The fourth-order valence-electron chi connectivity index (χ4n) is 4.68. The van der Waals surface area contributed by atoms with Gasteiger partial charge in [-0.25, -0.2) is 0 Å². The molecule has 0 unspecified atom stereocenters. The molecular formula is C25H20F6N4O3S. The van der Waals surface area contributed by atoms with Crippen molar-refractivity contribution in [3.8, 4) is 0 Å². The number of nitrogens with zero attached hydrogens (tertiary/aromatic N) is 3. The highest BCUT2D eigenvalue weighted by molar-refractivity contribution is 8.18. The number of alkyl halides is 6. The minimum absolute atomic E-state index is 0.0923. The number of nitrogens with one attached hydrogen (secondary N) is 1. The summed E-state index contributed by atoms with van der Waals surface area (Å²) in [6.45, 7) is 0.399. The Morgan fingerprint density at radius 3 is 2.54 bits per heavy atom. The van der Waals surface area contributed by atoms with E-state index < -0.39 is 53.3 Å². The van der Waals surface area contributed by atoms with Crippen LogP contribution in [0, 0.1) is 0 Å². The molecule has 2 aromatic carbocycles. The Labute approximate surface area is 221 Å². The van der Waals surface area contributed by atoms with Crippen LogP contribution < -0.4 is 5.32 Å². The predicted octanol–water partition coefficient (Wildman–Crippen LogP) is 4.88. The van der Waals surface area contributed by atoms with Crippen LogP contribution in [0.15, 0.2) is 47.5 Å². The van der Waals surface area contributed by atoms with Gasteiger partial charge < -0.3 is 10.4 Å². The van der Waals surface area contributed by atoms with Gasteiger partial charge in [0.15, 0.2) is 0 Å². The smallest absolute Gasteiger partial charge is 0.390 e. The zero-order valence-electron chi connectivity index (χ0n) is 19.9. The molecule has 0 radical (unpaired) electrons. The van der Waals surface area contributed by atoms with Gasteiger partial charge in [-0.15, -0.1) is 0 Å². The number of hydrogen-bond acceptors (Lipinski definition) is 6. The molecule has 2 aliphatic heterocycles. The second kappa shape index (κ2) is 9.99. The maximum atomic E-state index is 13.6. The van der Waals surface area contributed by atoms with E-state index in [1.807, 2.05) is 0 Å². The lowest BCUT2D eigenvalue weighted by Crippen LogP contribution is -2.54. The van der Waals surface area contributed by atoms with Crippen LogP contribution in [0.2, 0.25) is 0 Å². The van der Waals surface area contributed by atoms with E-state index in [0.717, 1.165) is 22.7 Å². The molecular weight excluding hydrogens is 550 g/mol. The molecule has 2 fully saturated rings. The number of aliphatic hydroxyl groups is 1. The van der Waals surface area contributed by atoms with Gasteiger partial charge in [-0.1, -0.05) is 12.1 Å². The highest BCUT2D eigenvalue weighted by Gasteiger charge is 2.43. The molecule has 2 atom stereocenters. The van der Waals surface area contributed by atoms with Crippen LogP contribution in [0.5, 0.6) is 0 Å². The zero-order valence-corrected chi connectivity index (χ0v) is 20.7. The second-order valence-corrected chi connectivity index (χ2v) is 10.2. The van der Waals surface area contributed by atoms with Crippen molar-refractivity contribution >= 4 is 39.9 Å². The van der Waals surface area contributed by atoms with Gasteiger partial charge in [0.25, 0.3) is 11.1 Å². The molecule has 0 saturated carbocycles. The molecule has 3 aromatic rings. The number of carbonyl (C=O) groups is 2. The third-order valence-electron chi connectivity index (χ3n) is 6.60. The van der Waals surface area contributed by atoms with Crippen LogP contribution in [0.4, 0.5) is 31.1 Å². The molecule has 14 heteroatoms. The first kappa shape index (κ1) is 27.2. The third-order valence-corrected chi connectivity index (χ3v) is 7.48. The quantitative estimate of drug-likeness (QED) is 0.344. The molecule has 5 rings (SSSR count). The number of fused-ring (bicyclic) bond motifs is 1. The number of carbonyl (C=O) groups excluding carboxylic acids is 2. The highest BCUT2D eigenvalue weighted by Crippen LogP contribution is 2.38. The Balaban J connectivity index is 1.40. The molecule has 206 valence electrons. The number of piperidine rings is 1. The molecule has 2 aliphatic rings. The third kappa shape index (κ3) is 5.40. The van der Waals surface area contributed by atoms with Crippen molar-refractivity contribution in [2.45, 2.75) is 37.5 Å². The van der Waals surface area contributed by atoms with Gasteiger partial charge in [-0.05, 0) is 66.2 Å². The van der Waals surface area contributed by atoms with E-state index in [9.17, 15) is 41.0 Å². The number of imide groups is 1. The standard InChI is InChI=1S/C25H20F6N4O3S/c26-24(27,28)16-3-2-14(17(9-16)25(29,30)31)12-34-18-4-1-13(7-15(18)10-33-34)8-21-22(37)35(23(38)39-21)19-5-6-32-11-20(19)36/h1-4,7-10,19-20,32,36H,5-6,11-12H2/t19-,20-/m0/s1. The van der Waals surface area contributed by atoms with E-state index in [4.69, 9.17) is 0 Å². The number of thioether (sulfide) groups is 1. The van der Waals surface area contributed by atoms with Crippen LogP contribution >= 0.6 is 11.8 Å². The van der Waals surface area contributed by atoms with Crippen LogP contribution in [-0.2, 0) is 23.7 Å². The number of benzene rings is 2. The lowest BCUT2D eigenvalue weighted by atomic mass is 10.0. The molecule has 2 amide bonds. The topological polar surface area (TPSA) is 87.5 Å². The van der Waals surface area contributed by atoms with Crippen molar-refractivity contribution in [3.63, 3.8) is 0 Å². The summed E-state index contributed by atoms with van der Waals surface area (Å²) >= 11 is 0.751. The zero-order chi connectivity index (χ0) is 28.1. The van der Waals surface area contributed by atoms with Crippen molar-refractivity contribution in [3.05, 3.63) is 69.8 Å². The summed E-state index contributed by atoms with van der Waals surface area (Å²) < 4.78 is 80.9. The lowest BCUT2D eigenvalue weighted by molar-refractivity contribution is -0.143. The highest BCUT2D eigenvalue weighted by atomic mass is 32.2. The summed E-state index contributed by atoms with van der Waals surface area (Å²) in [5.41, 5.74) is -2.21. The minimum Gasteiger partial charge on any atom is -0.390 e. The van der Waals surface area contributed by atoms with Crippen molar-refractivity contribution in [1.82, 2.24) is 20.0 Å². The number of aromatic nitrogens is 2. The Morgan fingerprint density at radius 1 is 1.08 bits per heavy atom. The van der Waals surface area contributed by atoms with Crippen molar-refractivity contribution in [2.24, 2.45) is 0 Å². The second-order valence-electron chi connectivity index (χ2n) is 9.17. The summed E-state index contributed by atoms with van der Waals surface area (Å²) in [6.07, 6.45) is -7.48. The number of amides is 2. The van der Waals surface area contributed by atoms with E-state index in [0.29, 0.717) is 35.5 Å². The summed E-state index contributed by atoms with van der Waals surface area (Å²) in [6, 6.07) is 5.64. The van der Waals surface area contributed by atoms with Gasteiger partial charge in [-0.3, -0.25) is 19.2 Å². The molecule has 0 bridgehead atoms. The van der Waals surface area contributed by atoms with E-state index in [-0.39, 0.29) is 23.1 Å². The molecule has 1 aromatic heterocycles. The monoisotopic (exact) mass is 570 g/mol. The van der Waals surface area contributed by atoms with Crippen LogP contribution in [-0.4, -0.2) is 56.2 Å². The van der Waals surface area contributed by atoms with Gasteiger partial charge in [-0.2, -0.15) is 31.4 Å². The Morgan fingerprint density at radius 2 is 1.85 bits per heavy atom. The molecule has 7 nitrogen and oxygen atoms in total. The molecule has 39 heavy (non-hydrogen) atoms. The van der Waals surface area contributed by atoms with Crippen LogP contribution in [0.25, 0.3) is 17.0 Å². The van der Waals surface area contributed by atoms with E-state index in [1.54, 1.807) is 18.2 Å². The fourth-order valence-corrected chi connectivity index (χ4v) is 5.57. The Bertz CT molecular complexity index is 1480. The van der Waals surface area contributed by atoms with E-state index in [2.05, 4.69) is 10.4 Å². The van der Waals surface area contributed by atoms with Gasteiger partial charge in [0.1, 0.15) is 0 Å². The summed E-state index contributed by atoms with van der Waals surface area (Å²) in [4.78, 5) is 26.7. The first-order chi connectivity index (χ1) is 18.3. The molecule has 2 saturated heterocycles. The summed E-state index contributed by atoms with van der Waals surface area (Å²) in [7, 11) is 0. The minimum atomic E-state index is -5.00. The molecule has 0 aliphatic carbocycles. The largest absolute Gasteiger partial charge is 0.416 e. The van der Waals surface area contributed by atoms with E-state index in [1.165, 1.54) is 17.0 Å². The number of aliphatic hydroxyl groups excluding tert-OH is 1. The molecule has 2 N–H and O–H groups in total. The van der Waals surface area contributed by atoms with Crippen LogP contribution in [0.3, 0.4) is 0 Å². The average molecular weight is 571 g/mol. The maximum absolute atomic E-state index is 13.6. The van der Waals surface area contributed by atoms with Crippen molar-refractivity contribution in [1.29, 1.82) is 0 Å². The summed E-state index contributed by atoms with van der Waals surface area (Å²) in [5.74, 6) is -0.520. The number of hydrogen-bond donors (Lipinski definition) is 2. The molecule has 3 heterocycles. The Kier molecular flexibility index (Phi) is 6.97. The average Bonchev–Trinajstić information content (AvgIpc) is 3.37. The van der Waals surface area contributed by atoms with Gasteiger partial charge in [0, 0.05) is 11.9 Å². The predicted molar refractivity (Wildman–Crippen MR) is 130 cm³/mol. The SMILES string of the molecule is O=C1SC(=Cc2ccc3c(cnn3Cc3ccc(C(F)(F)F)cc3C(F)(F)F)c2)C(=O)N1[C@H]1CCNC[C@@H]1O. The maximum Gasteiger partial charge on any atom is 0.416 e. The Hall–Kier alpha value is -3.36. The number of rotatable bonds is 4.